The summed E-state index contributed by atoms with van der Waals surface area (Å²) >= 11 is 6.06. The molecule has 0 spiro atoms. The molecule has 2 N–H and O–H groups in total. The molecular formula is C13H17ClN6O4. The number of nitrogens with one attached hydrogen (secondary N) is 2. The second-order valence-corrected chi connectivity index (χ2v) is 5.41. The van der Waals surface area contributed by atoms with Gasteiger partial charge in [0, 0.05) is 13.1 Å². The van der Waals surface area contributed by atoms with Crippen LogP contribution < -0.4 is 10.1 Å². The summed E-state index contributed by atoms with van der Waals surface area (Å²) in [5.41, 5.74) is 0.874. The predicted molar refractivity (Wildman–Crippen MR) is 85.5 cm³/mol. The van der Waals surface area contributed by atoms with Crippen LogP contribution in [0, 0.1) is 24.0 Å². The lowest BCUT2D eigenvalue weighted by atomic mass is 10.3. The Morgan fingerprint density at radius 1 is 1.50 bits per heavy atom. The van der Waals surface area contributed by atoms with Gasteiger partial charge in [-0.1, -0.05) is 11.6 Å². The number of halogens is 1. The molecule has 10 nitrogen and oxygen atoms in total. The Kier molecular flexibility index (Phi) is 5.39. The molecule has 11 heteroatoms. The maximum atomic E-state index is 12.0. The van der Waals surface area contributed by atoms with Gasteiger partial charge in [-0.25, -0.2) is 0 Å². The van der Waals surface area contributed by atoms with Gasteiger partial charge >= 0.3 is 11.6 Å². The largest absolute Gasteiger partial charge is 0.475 e. The number of H-pyrrole nitrogens is 1. The van der Waals surface area contributed by atoms with E-state index in [0.717, 1.165) is 11.4 Å². The summed E-state index contributed by atoms with van der Waals surface area (Å²) in [6.45, 7) is 4.56. The molecule has 0 aliphatic carbocycles. The third-order valence-corrected chi connectivity index (χ3v) is 3.98. The molecule has 0 bridgehead atoms. The summed E-state index contributed by atoms with van der Waals surface area (Å²) in [5.74, 6) is -0.855. The molecule has 0 fully saturated rings. The summed E-state index contributed by atoms with van der Waals surface area (Å²) in [4.78, 5) is 22.4. The quantitative estimate of drug-likeness (QED) is 0.440. The zero-order valence-corrected chi connectivity index (χ0v) is 14.2. The second kappa shape index (κ2) is 7.30. The standard InChI is InChI=1S/C13H17ClN6O4/c1-7-9(14)8(2)19(18-7)6-4-5-15-12(21)10-11(20(22)23)13(24-3)17-16-10/h4-6H2,1-3H3,(H,15,21)(H,16,17). The van der Waals surface area contributed by atoms with Crippen molar-refractivity contribution in [1.29, 1.82) is 0 Å². The SMILES string of the molecule is COc1n[nH]c(C(=O)NCCCn2nc(C)c(Cl)c2C)c1[N+](=O)[O-]. The van der Waals surface area contributed by atoms with E-state index >= 15 is 0 Å². The highest BCUT2D eigenvalue weighted by Gasteiger charge is 2.29. The number of carbonyl (C=O) groups excluding carboxylic acids is 1. The van der Waals surface area contributed by atoms with Crippen LogP contribution in [-0.2, 0) is 6.54 Å². The lowest BCUT2D eigenvalue weighted by Gasteiger charge is -2.05. The number of nitro groups is 1. The van der Waals surface area contributed by atoms with Crippen molar-refractivity contribution in [3.8, 4) is 5.88 Å². The molecule has 0 saturated heterocycles. The van der Waals surface area contributed by atoms with Gasteiger partial charge in [0.05, 0.1) is 28.4 Å². The van der Waals surface area contributed by atoms with Crippen molar-refractivity contribution in [2.24, 2.45) is 0 Å². The van der Waals surface area contributed by atoms with Gasteiger partial charge in [-0.3, -0.25) is 24.7 Å². The van der Waals surface area contributed by atoms with E-state index in [1.165, 1.54) is 7.11 Å². The monoisotopic (exact) mass is 356 g/mol. The Bertz CT molecular complexity index is 769. The number of ether oxygens (including phenoxy) is 1. The van der Waals surface area contributed by atoms with Crippen molar-refractivity contribution >= 4 is 23.2 Å². The van der Waals surface area contributed by atoms with E-state index in [9.17, 15) is 14.9 Å². The van der Waals surface area contributed by atoms with Crippen molar-refractivity contribution in [3.63, 3.8) is 0 Å². The number of aromatic amines is 1. The molecule has 2 heterocycles. The number of amides is 1. The van der Waals surface area contributed by atoms with Crippen molar-refractivity contribution < 1.29 is 14.5 Å². The highest BCUT2D eigenvalue weighted by molar-refractivity contribution is 6.31. The molecule has 2 aromatic rings. The van der Waals surface area contributed by atoms with Crippen LogP contribution in [0.3, 0.4) is 0 Å². The predicted octanol–water partition coefficient (Wildman–Crippen LogP) is 1.61. The van der Waals surface area contributed by atoms with Crippen molar-refractivity contribution in [1.82, 2.24) is 25.3 Å². The van der Waals surface area contributed by atoms with Crippen LogP contribution in [0.1, 0.15) is 28.3 Å². The van der Waals surface area contributed by atoms with Gasteiger partial charge in [-0.05, 0) is 20.3 Å². The van der Waals surface area contributed by atoms with Gasteiger partial charge < -0.3 is 10.1 Å². The Hall–Kier alpha value is -2.62. The highest BCUT2D eigenvalue weighted by atomic mass is 35.5. The minimum Gasteiger partial charge on any atom is -0.475 e. The maximum Gasteiger partial charge on any atom is 0.362 e. The lowest BCUT2D eigenvalue weighted by Crippen LogP contribution is -2.26. The molecule has 0 aliphatic rings. The molecule has 0 radical (unpaired) electrons. The number of aromatic nitrogens is 4. The van der Waals surface area contributed by atoms with Crippen molar-refractivity contribution in [2.75, 3.05) is 13.7 Å². The fourth-order valence-electron chi connectivity index (χ4n) is 2.20. The molecule has 0 aromatic carbocycles. The van der Waals surface area contributed by atoms with Gasteiger partial charge in [-0.2, -0.15) is 5.10 Å². The molecule has 130 valence electrons. The van der Waals surface area contributed by atoms with E-state index in [-0.39, 0.29) is 11.6 Å². The molecule has 2 aromatic heterocycles. The van der Waals surface area contributed by atoms with Crippen molar-refractivity contribution in [2.45, 2.75) is 26.8 Å². The number of aryl methyl sites for hydroxylation is 2. The maximum absolute atomic E-state index is 12.0. The van der Waals surface area contributed by atoms with E-state index < -0.39 is 16.5 Å². The minimum absolute atomic E-state index is 0.234. The third kappa shape index (κ3) is 3.48. The molecule has 1 amide bonds. The summed E-state index contributed by atoms with van der Waals surface area (Å²) in [6.07, 6.45) is 0.586. The number of carbonyl (C=O) groups is 1. The first kappa shape index (κ1) is 17.7. The lowest BCUT2D eigenvalue weighted by molar-refractivity contribution is -0.386. The molecule has 2 rings (SSSR count). The van der Waals surface area contributed by atoms with Crippen LogP contribution in [0.25, 0.3) is 0 Å². The van der Waals surface area contributed by atoms with E-state index in [1.807, 2.05) is 13.8 Å². The average Bonchev–Trinajstić information content (AvgIpc) is 3.08. The summed E-state index contributed by atoms with van der Waals surface area (Å²) in [6, 6.07) is 0. The normalized spacial score (nSPS) is 10.7. The summed E-state index contributed by atoms with van der Waals surface area (Å²) in [7, 11) is 1.24. The average molecular weight is 357 g/mol. The van der Waals surface area contributed by atoms with E-state index in [4.69, 9.17) is 16.3 Å². The van der Waals surface area contributed by atoms with Gasteiger partial charge in [-0.15, -0.1) is 5.10 Å². The molecule has 0 atom stereocenters. The van der Waals surface area contributed by atoms with Crippen LogP contribution in [0.4, 0.5) is 5.69 Å². The van der Waals surface area contributed by atoms with Crippen LogP contribution in [0.2, 0.25) is 5.02 Å². The third-order valence-electron chi connectivity index (χ3n) is 3.44. The Morgan fingerprint density at radius 2 is 2.21 bits per heavy atom. The molecule has 0 saturated carbocycles. The van der Waals surface area contributed by atoms with Crippen LogP contribution >= 0.6 is 11.6 Å². The van der Waals surface area contributed by atoms with E-state index in [2.05, 4.69) is 20.6 Å². The second-order valence-electron chi connectivity index (χ2n) is 5.03. The minimum atomic E-state index is -0.713. The Balaban J connectivity index is 1.93. The van der Waals surface area contributed by atoms with Gasteiger partial charge in [0.1, 0.15) is 0 Å². The smallest absolute Gasteiger partial charge is 0.362 e. The number of methoxy groups -OCH3 is 1. The molecule has 0 unspecified atom stereocenters. The topological polar surface area (TPSA) is 128 Å². The number of hydrogen-bond donors (Lipinski definition) is 2. The first-order chi connectivity index (χ1) is 11.4. The van der Waals surface area contributed by atoms with Gasteiger partial charge in [0.15, 0.2) is 0 Å². The first-order valence-electron chi connectivity index (χ1n) is 7.11. The zero-order valence-electron chi connectivity index (χ0n) is 13.4. The molecular weight excluding hydrogens is 340 g/mol. The number of hydrogen-bond acceptors (Lipinski definition) is 6. The fourth-order valence-corrected chi connectivity index (χ4v) is 2.34. The van der Waals surface area contributed by atoms with Crippen LogP contribution in [0.15, 0.2) is 0 Å². The zero-order chi connectivity index (χ0) is 17.9. The Labute approximate surface area is 142 Å². The number of rotatable bonds is 7. The van der Waals surface area contributed by atoms with E-state index in [1.54, 1.807) is 4.68 Å². The number of nitrogens with zero attached hydrogens (tertiary/aromatic N) is 4. The summed E-state index contributed by atoms with van der Waals surface area (Å²) < 4.78 is 6.51. The van der Waals surface area contributed by atoms with Gasteiger partial charge in [0.2, 0.25) is 5.69 Å². The van der Waals surface area contributed by atoms with Crippen molar-refractivity contribution in [3.05, 3.63) is 32.2 Å². The first-order valence-corrected chi connectivity index (χ1v) is 7.49. The molecule has 24 heavy (non-hydrogen) atoms. The van der Waals surface area contributed by atoms with Gasteiger partial charge in [0.25, 0.3) is 5.91 Å². The van der Waals surface area contributed by atoms with E-state index in [0.29, 0.717) is 24.5 Å². The highest BCUT2D eigenvalue weighted by Crippen LogP contribution is 2.27. The summed E-state index contributed by atoms with van der Waals surface area (Å²) in [5, 5.41) is 24.4. The Morgan fingerprint density at radius 3 is 2.75 bits per heavy atom. The molecule has 0 aliphatic heterocycles. The van der Waals surface area contributed by atoms with Crippen LogP contribution in [0.5, 0.6) is 5.88 Å². The fraction of sp³-hybridized carbons (Fsp3) is 0.462. The van der Waals surface area contributed by atoms with Crippen LogP contribution in [-0.4, -0.2) is 44.5 Å².